The predicted molar refractivity (Wildman–Crippen MR) is 79.6 cm³/mol. The molecule has 1 aromatic rings. The van der Waals surface area contributed by atoms with E-state index in [9.17, 15) is 9.59 Å². The minimum absolute atomic E-state index is 0.0980. The molecule has 1 atom stereocenters. The van der Waals surface area contributed by atoms with Crippen LogP contribution < -0.4 is 19.5 Å². The Morgan fingerprint density at radius 1 is 1.09 bits per heavy atom. The average Bonchev–Trinajstić information content (AvgIpc) is 2.93. The van der Waals surface area contributed by atoms with Gasteiger partial charge < -0.3 is 24.3 Å². The number of methoxy groups -OCH3 is 3. The molecule has 0 saturated carbocycles. The lowest BCUT2D eigenvalue weighted by Gasteiger charge is -2.24. The number of hydrogen-bond donors (Lipinski definition) is 1. The number of benzene rings is 1. The molecule has 0 bridgehead atoms. The first-order valence-corrected chi connectivity index (χ1v) is 7.09. The molecular formula is C16H17NO6. The Bertz CT molecular complexity index is 684. The van der Waals surface area contributed by atoms with Crippen molar-refractivity contribution in [3.8, 4) is 17.2 Å². The van der Waals surface area contributed by atoms with E-state index in [0.717, 1.165) is 5.56 Å². The summed E-state index contributed by atoms with van der Waals surface area (Å²) in [5.74, 6) is 0.451. The van der Waals surface area contributed by atoms with Crippen LogP contribution in [0.1, 0.15) is 17.9 Å². The number of amides is 1. The van der Waals surface area contributed by atoms with Gasteiger partial charge in [-0.05, 0) is 17.7 Å². The fourth-order valence-corrected chi connectivity index (χ4v) is 2.97. The number of nitrogens with one attached hydrogen (secondary N) is 1. The van der Waals surface area contributed by atoms with E-state index in [1.165, 1.54) is 21.3 Å². The van der Waals surface area contributed by atoms with Crippen LogP contribution in [0.4, 0.5) is 0 Å². The van der Waals surface area contributed by atoms with Crippen molar-refractivity contribution in [1.82, 2.24) is 5.32 Å². The monoisotopic (exact) mass is 319 g/mol. The minimum Gasteiger partial charge on any atom is -0.493 e. The topological polar surface area (TPSA) is 83.1 Å². The molecule has 0 aliphatic carbocycles. The van der Waals surface area contributed by atoms with Crippen molar-refractivity contribution in [3.63, 3.8) is 0 Å². The standard InChI is InChI=1S/C16H17NO6/c1-20-11-4-8(5-12(21-2)15(11)22-3)9-6-13(18)17-10-7-23-16(19)14(9)10/h4-5,9H,6-7H2,1-3H3,(H,17,18)/t9-/m0/s1. The molecule has 0 spiro atoms. The van der Waals surface area contributed by atoms with E-state index >= 15 is 0 Å². The van der Waals surface area contributed by atoms with Gasteiger partial charge in [0.15, 0.2) is 11.5 Å². The second-order valence-corrected chi connectivity index (χ2v) is 5.23. The molecular weight excluding hydrogens is 302 g/mol. The van der Waals surface area contributed by atoms with Gasteiger partial charge in [0.1, 0.15) is 6.61 Å². The Balaban J connectivity index is 2.12. The normalized spacial score (nSPS) is 19.9. The van der Waals surface area contributed by atoms with Gasteiger partial charge in [-0.1, -0.05) is 0 Å². The van der Waals surface area contributed by atoms with Crippen LogP contribution in [0.5, 0.6) is 17.2 Å². The highest BCUT2D eigenvalue weighted by Crippen LogP contribution is 2.44. The third-order valence-electron chi connectivity index (χ3n) is 4.01. The maximum Gasteiger partial charge on any atom is 0.336 e. The summed E-state index contributed by atoms with van der Waals surface area (Å²) in [5, 5.41) is 2.70. The van der Waals surface area contributed by atoms with Crippen LogP contribution in [0, 0.1) is 0 Å². The zero-order valence-electron chi connectivity index (χ0n) is 13.1. The molecule has 0 saturated heterocycles. The second kappa shape index (κ2) is 5.83. The fourth-order valence-electron chi connectivity index (χ4n) is 2.97. The predicted octanol–water partition coefficient (Wildman–Crippen LogP) is 1.13. The van der Waals surface area contributed by atoms with Gasteiger partial charge in [-0.3, -0.25) is 4.79 Å². The van der Waals surface area contributed by atoms with Crippen molar-refractivity contribution in [2.24, 2.45) is 0 Å². The third-order valence-corrected chi connectivity index (χ3v) is 4.01. The molecule has 2 aliphatic rings. The first-order chi connectivity index (χ1) is 11.1. The fraction of sp³-hybridized carbons (Fsp3) is 0.375. The number of esters is 1. The molecule has 2 aliphatic heterocycles. The minimum atomic E-state index is -0.404. The lowest BCUT2D eigenvalue weighted by molar-refractivity contribution is -0.136. The van der Waals surface area contributed by atoms with Crippen molar-refractivity contribution >= 4 is 11.9 Å². The molecule has 1 N–H and O–H groups in total. The van der Waals surface area contributed by atoms with Crippen LogP contribution in [-0.4, -0.2) is 39.8 Å². The number of rotatable bonds is 4. The SMILES string of the molecule is COc1cc([C@@H]2CC(=O)NC3=C2C(=O)OC3)cc(OC)c1OC. The smallest absolute Gasteiger partial charge is 0.336 e. The van der Waals surface area contributed by atoms with Crippen LogP contribution in [0.15, 0.2) is 23.4 Å². The summed E-state index contributed by atoms with van der Waals surface area (Å²) in [5.41, 5.74) is 1.75. The van der Waals surface area contributed by atoms with Gasteiger partial charge >= 0.3 is 5.97 Å². The first-order valence-electron chi connectivity index (χ1n) is 7.09. The maximum absolute atomic E-state index is 12.0. The van der Waals surface area contributed by atoms with Gasteiger partial charge in [0.05, 0.1) is 32.6 Å². The van der Waals surface area contributed by atoms with Gasteiger partial charge in [-0.15, -0.1) is 0 Å². The average molecular weight is 319 g/mol. The summed E-state index contributed by atoms with van der Waals surface area (Å²) < 4.78 is 21.0. The van der Waals surface area contributed by atoms with Crippen molar-refractivity contribution < 1.29 is 28.5 Å². The summed E-state index contributed by atoms with van der Waals surface area (Å²) in [7, 11) is 4.55. The zero-order chi connectivity index (χ0) is 16.6. The Morgan fingerprint density at radius 3 is 2.30 bits per heavy atom. The van der Waals surface area contributed by atoms with Crippen LogP contribution in [0.25, 0.3) is 0 Å². The molecule has 23 heavy (non-hydrogen) atoms. The van der Waals surface area contributed by atoms with Gasteiger partial charge in [-0.25, -0.2) is 4.79 Å². The summed E-state index contributed by atoms with van der Waals surface area (Å²) in [6.45, 7) is 0.0980. The third kappa shape index (κ3) is 2.48. The molecule has 7 heteroatoms. The van der Waals surface area contributed by atoms with E-state index in [1.54, 1.807) is 12.1 Å². The summed E-state index contributed by atoms with van der Waals surface area (Å²) in [6.07, 6.45) is 0.159. The number of cyclic esters (lactones) is 1. The molecule has 0 radical (unpaired) electrons. The van der Waals surface area contributed by atoms with E-state index in [0.29, 0.717) is 28.5 Å². The van der Waals surface area contributed by atoms with Gasteiger partial charge in [0, 0.05) is 12.3 Å². The number of ether oxygens (including phenoxy) is 4. The molecule has 3 rings (SSSR count). The Kier molecular flexibility index (Phi) is 3.85. The summed E-state index contributed by atoms with van der Waals surface area (Å²) in [6, 6.07) is 3.50. The molecule has 7 nitrogen and oxygen atoms in total. The molecule has 122 valence electrons. The molecule has 1 amide bonds. The van der Waals surface area contributed by atoms with E-state index in [2.05, 4.69) is 5.32 Å². The molecule has 2 heterocycles. The van der Waals surface area contributed by atoms with Crippen LogP contribution in [0.3, 0.4) is 0 Å². The number of carbonyl (C=O) groups excluding carboxylic acids is 2. The van der Waals surface area contributed by atoms with Crippen LogP contribution in [0.2, 0.25) is 0 Å². The second-order valence-electron chi connectivity index (χ2n) is 5.23. The Labute approximate surface area is 133 Å². The highest BCUT2D eigenvalue weighted by Gasteiger charge is 2.38. The van der Waals surface area contributed by atoms with Crippen molar-refractivity contribution in [3.05, 3.63) is 29.0 Å². The van der Waals surface area contributed by atoms with Crippen LogP contribution in [-0.2, 0) is 14.3 Å². The lowest BCUT2D eigenvalue weighted by Crippen LogP contribution is -2.32. The molecule has 0 unspecified atom stereocenters. The van der Waals surface area contributed by atoms with Crippen molar-refractivity contribution in [1.29, 1.82) is 0 Å². The molecule has 0 aromatic heterocycles. The van der Waals surface area contributed by atoms with E-state index in [-0.39, 0.29) is 18.9 Å². The number of carbonyl (C=O) groups is 2. The van der Waals surface area contributed by atoms with Gasteiger partial charge in [0.25, 0.3) is 0 Å². The first kappa shape index (κ1) is 15.2. The van der Waals surface area contributed by atoms with Crippen molar-refractivity contribution in [2.75, 3.05) is 27.9 Å². The van der Waals surface area contributed by atoms with E-state index in [1.807, 2.05) is 0 Å². The molecule has 1 aromatic carbocycles. The largest absolute Gasteiger partial charge is 0.493 e. The van der Waals surface area contributed by atoms with Crippen molar-refractivity contribution in [2.45, 2.75) is 12.3 Å². The Morgan fingerprint density at radius 2 is 1.74 bits per heavy atom. The van der Waals surface area contributed by atoms with Gasteiger partial charge in [-0.2, -0.15) is 0 Å². The number of hydrogen-bond acceptors (Lipinski definition) is 6. The van der Waals surface area contributed by atoms with Crippen LogP contribution >= 0.6 is 0 Å². The maximum atomic E-state index is 12.0. The van der Waals surface area contributed by atoms with Gasteiger partial charge in [0.2, 0.25) is 11.7 Å². The molecule has 0 fully saturated rings. The summed E-state index contributed by atoms with van der Waals surface area (Å²) in [4.78, 5) is 23.9. The van der Waals surface area contributed by atoms with E-state index < -0.39 is 11.9 Å². The van der Waals surface area contributed by atoms with E-state index in [4.69, 9.17) is 18.9 Å². The Hall–Kier alpha value is -2.70. The highest BCUT2D eigenvalue weighted by atomic mass is 16.5. The summed E-state index contributed by atoms with van der Waals surface area (Å²) >= 11 is 0. The lowest BCUT2D eigenvalue weighted by atomic mass is 9.85. The highest BCUT2D eigenvalue weighted by molar-refractivity contribution is 5.98. The quantitative estimate of drug-likeness (QED) is 0.838. The zero-order valence-corrected chi connectivity index (χ0v) is 13.1.